The highest BCUT2D eigenvalue weighted by atomic mass is 16.2. The average Bonchev–Trinajstić information content (AvgIpc) is 2.61. The molecule has 2 rings (SSSR count). The van der Waals surface area contributed by atoms with Gasteiger partial charge in [-0.1, -0.05) is 30.3 Å². The fourth-order valence-electron chi connectivity index (χ4n) is 2.14. The van der Waals surface area contributed by atoms with Crippen molar-refractivity contribution >= 4 is 5.91 Å². The molecule has 1 atom stereocenters. The lowest BCUT2D eigenvalue weighted by molar-refractivity contribution is -0.131. The lowest BCUT2D eigenvalue weighted by Gasteiger charge is -2.27. The van der Waals surface area contributed by atoms with Gasteiger partial charge in [-0.3, -0.25) is 9.69 Å². The van der Waals surface area contributed by atoms with Crippen LogP contribution in [0.25, 0.3) is 0 Å². The summed E-state index contributed by atoms with van der Waals surface area (Å²) in [4.78, 5) is 15.6. The molecule has 1 aliphatic heterocycles. The molecule has 3 nitrogen and oxygen atoms in total. The second-order valence-electron chi connectivity index (χ2n) is 3.98. The van der Waals surface area contributed by atoms with Gasteiger partial charge < -0.3 is 4.90 Å². The standard InChI is InChI=1S/C12H16N2O/c1-10(15)14-9-8-13(2)12(14)11-6-4-3-5-7-11/h3-7,12H,8-9H2,1-2H3. The topological polar surface area (TPSA) is 23.6 Å². The molecule has 15 heavy (non-hydrogen) atoms. The second kappa shape index (κ2) is 4.03. The Morgan fingerprint density at radius 3 is 2.53 bits per heavy atom. The molecule has 1 heterocycles. The molecule has 1 saturated heterocycles. The summed E-state index contributed by atoms with van der Waals surface area (Å²) < 4.78 is 0. The Hall–Kier alpha value is -1.35. The summed E-state index contributed by atoms with van der Waals surface area (Å²) in [6.45, 7) is 3.40. The zero-order valence-electron chi connectivity index (χ0n) is 9.18. The Bertz CT molecular complexity index is 350. The maximum Gasteiger partial charge on any atom is 0.221 e. The van der Waals surface area contributed by atoms with Gasteiger partial charge >= 0.3 is 0 Å². The molecule has 1 aromatic rings. The molecule has 0 aromatic heterocycles. The van der Waals surface area contributed by atoms with Crippen molar-refractivity contribution in [1.29, 1.82) is 0 Å². The van der Waals surface area contributed by atoms with Crippen LogP contribution < -0.4 is 0 Å². The fraction of sp³-hybridized carbons (Fsp3) is 0.417. The van der Waals surface area contributed by atoms with Crippen LogP contribution in [0.5, 0.6) is 0 Å². The van der Waals surface area contributed by atoms with Crippen molar-refractivity contribution in [1.82, 2.24) is 9.80 Å². The van der Waals surface area contributed by atoms with E-state index in [1.165, 1.54) is 5.56 Å². The Kier molecular flexibility index (Phi) is 2.73. The minimum absolute atomic E-state index is 0.115. The van der Waals surface area contributed by atoms with Crippen molar-refractivity contribution in [3.63, 3.8) is 0 Å². The molecular formula is C12H16N2O. The number of amides is 1. The predicted molar refractivity (Wildman–Crippen MR) is 59.2 cm³/mol. The average molecular weight is 204 g/mol. The van der Waals surface area contributed by atoms with Crippen LogP contribution in [0.4, 0.5) is 0 Å². The van der Waals surface area contributed by atoms with Crippen LogP contribution in [0, 0.1) is 0 Å². The van der Waals surface area contributed by atoms with Gasteiger partial charge in [-0.15, -0.1) is 0 Å². The number of carbonyl (C=O) groups excluding carboxylic acids is 1. The molecule has 0 bridgehead atoms. The Balaban J connectivity index is 2.29. The summed E-state index contributed by atoms with van der Waals surface area (Å²) in [5.41, 5.74) is 1.19. The number of hydrogen-bond acceptors (Lipinski definition) is 2. The van der Waals surface area contributed by atoms with Crippen molar-refractivity contribution < 1.29 is 4.79 Å². The van der Waals surface area contributed by atoms with E-state index < -0.39 is 0 Å². The van der Waals surface area contributed by atoms with Gasteiger partial charge in [-0.25, -0.2) is 0 Å². The van der Waals surface area contributed by atoms with Gasteiger partial charge in [0.1, 0.15) is 6.17 Å². The molecule has 1 aliphatic rings. The summed E-state index contributed by atoms with van der Waals surface area (Å²) in [6.07, 6.45) is 0.115. The van der Waals surface area contributed by atoms with Gasteiger partial charge in [-0.05, 0) is 12.6 Å². The van der Waals surface area contributed by atoms with Crippen LogP contribution in [0.2, 0.25) is 0 Å². The van der Waals surface area contributed by atoms with Crippen LogP contribution in [0.15, 0.2) is 30.3 Å². The van der Waals surface area contributed by atoms with E-state index >= 15 is 0 Å². The smallest absolute Gasteiger partial charge is 0.221 e. The summed E-state index contributed by atoms with van der Waals surface area (Å²) in [5, 5.41) is 0. The van der Waals surface area contributed by atoms with E-state index in [-0.39, 0.29) is 12.1 Å². The van der Waals surface area contributed by atoms with E-state index in [0.29, 0.717) is 0 Å². The van der Waals surface area contributed by atoms with E-state index in [9.17, 15) is 4.79 Å². The van der Waals surface area contributed by atoms with E-state index in [1.54, 1.807) is 6.92 Å². The van der Waals surface area contributed by atoms with E-state index in [0.717, 1.165) is 13.1 Å². The van der Waals surface area contributed by atoms with E-state index in [4.69, 9.17) is 0 Å². The zero-order chi connectivity index (χ0) is 10.8. The zero-order valence-corrected chi connectivity index (χ0v) is 9.18. The Morgan fingerprint density at radius 2 is 1.93 bits per heavy atom. The van der Waals surface area contributed by atoms with Gasteiger partial charge in [0.15, 0.2) is 0 Å². The quantitative estimate of drug-likeness (QED) is 0.691. The summed E-state index contributed by atoms with van der Waals surface area (Å²) in [6, 6.07) is 10.2. The highest BCUT2D eigenvalue weighted by Crippen LogP contribution is 2.28. The van der Waals surface area contributed by atoms with E-state index in [2.05, 4.69) is 24.1 Å². The van der Waals surface area contributed by atoms with Crippen molar-refractivity contribution in [3.8, 4) is 0 Å². The molecule has 1 amide bonds. The molecular weight excluding hydrogens is 188 g/mol. The first kappa shape index (κ1) is 10.2. The highest BCUT2D eigenvalue weighted by molar-refractivity contribution is 5.74. The van der Waals surface area contributed by atoms with Crippen molar-refractivity contribution in [2.45, 2.75) is 13.1 Å². The maximum absolute atomic E-state index is 11.5. The highest BCUT2D eigenvalue weighted by Gasteiger charge is 2.31. The summed E-state index contributed by atoms with van der Waals surface area (Å²) in [7, 11) is 2.06. The summed E-state index contributed by atoms with van der Waals surface area (Å²) >= 11 is 0. The fourth-order valence-corrected chi connectivity index (χ4v) is 2.14. The normalized spacial score (nSPS) is 22.0. The monoisotopic (exact) mass is 204 g/mol. The van der Waals surface area contributed by atoms with E-state index in [1.807, 2.05) is 23.1 Å². The van der Waals surface area contributed by atoms with Crippen LogP contribution >= 0.6 is 0 Å². The molecule has 0 radical (unpaired) electrons. The van der Waals surface area contributed by atoms with Gasteiger partial charge in [0.2, 0.25) is 5.91 Å². The van der Waals surface area contributed by atoms with Gasteiger partial charge in [0.25, 0.3) is 0 Å². The first-order chi connectivity index (χ1) is 7.20. The number of rotatable bonds is 1. The van der Waals surface area contributed by atoms with Crippen molar-refractivity contribution in [3.05, 3.63) is 35.9 Å². The lowest BCUT2D eigenvalue weighted by Crippen LogP contribution is -2.32. The Morgan fingerprint density at radius 1 is 1.27 bits per heavy atom. The maximum atomic E-state index is 11.5. The largest absolute Gasteiger partial charge is 0.322 e. The Labute approximate surface area is 90.3 Å². The third kappa shape index (κ3) is 1.88. The third-order valence-electron chi connectivity index (χ3n) is 2.91. The minimum Gasteiger partial charge on any atom is -0.322 e. The molecule has 1 fully saturated rings. The minimum atomic E-state index is 0.115. The number of carbonyl (C=O) groups is 1. The predicted octanol–water partition coefficient (Wildman–Crippen LogP) is 1.48. The second-order valence-corrected chi connectivity index (χ2v) is 3.98. The molecule has 0 N–H and O–H groups in total. The molecule has 0 spiro atoms. The molecule has 80 valence electrons. The number of likely N-dealkylation sites (N-methyl/N-ethyl adjacent to an activating group) is 1. The SMILES string of the molecule is CC(=O)N1CCN(C)C1c1ccccc1. The molecule has 3 heteroatoms. The first-order valence-corrected chi connectivity index (χ1v) is 5.22. The first-order valence-electron chi connectivity index (χ1n) is 5.22. The van der Waals surface area contributed by atoms with Crippen LogP contribution in [-0.4, -0.2) is 35.8 Å². The number of hydrogen-bond donors (Lipinski definition) is 0. The number of nitrogens with zero attached hydrogens (tertiary/aromatic N) is 2. The van der Waals surface area contributed by atoms with Crippen molar-refractivity contribution in [2.75, 3.05) is 20.1 Å². The lowest BCUT2D eigenvalue weighted by atomic mass is 10.1. The van der Waals surface area contributed by atoms with Crippen LogP contribution in [-0.2, 0) is 4.79 Å². The molecule has 1 aromatic carbocycles. The van der Waals surface area contributed by atoms with Gasteiger partial charge in [0, 0.05) is 20.0 Å². The molecule has 1 unspecified atom stereocenters. The third-order valence-corrected chi connectivity index (χ3v) is 2.91. The van der Waals surface area contributed by atoms with Crippen LogP contribution in [0.1, 0.15) is 18.7 Å². The summed E-state index contributed by atoms with van der Waals surface area (Å²) in [5.74, 6) is 0.146. The van der Waals surface area contributed by atoms with Gasteiger partial charge in [0.05, 0.1) is 0 Å². The van der Waals surface area contributed by atoms with Crippen molar-refractivity contribution in [2.24, 2.45) is 0 Å². The number of benzene rings is 1. The molecule has 0 saturated carbocycles. The van der Waals surface area contributed by atoms with Crippen LogP contribution in [0.3, 0.4) is 0 Å². The van der Waals surface area contributed by atoms with Gasteiger partial charge in [-0.2, -0.15) is 0 Å². The molecule has 0 aliphatic carbocycles.